The Morgan fingerprint density at radius 2 is 1.25 bits per heavy atom. The first-order valence-corrected chi connectivity index (χ1v) is 17.6. The number of rotatable bonds is 15. The number of hydrogen-bond donors (Lipinski definition) is 0. The molecule has 7 rings (SSSR count). The molecule has 0 N–H and O–H groups in total. The fraction of sp³-hybridized carbons (Fsp3) is 0.295. The minimum Gasteiger partial charge on any atom is -0.494 e. The molecule has 0 amide bonds. The summed E-state index contributed by atoms with van der Waals surface area (Å²) in [5.74, 6) is -0.611. The summed E-state index contributed by atoms with van der Waals surface area (Å²) in [6, 6.07) is 44.2. The molecule has 0 aliphatic carbocycles. The molecule has 5 atom stereocenters. The zero-order valence-electron chi connectivity index (χ0n) is 29.1. The second kappa shape index (κ2) is 15.7. The molecular formula is C44H44O7. The van der Waals surface area contributed by atoms with Crippen molar-refractivity contribution >= 4 is 6.29 Å². The van der Waals surface area contributed by atoms with Crippen molar-refractivity contribution in [1.29, 1.82) is 0 Å². The Balaban J connectivity index is 1.29. The first-order valence-electron chi connectivity index (χ1n) is 17.6. The molecule has 2 bridgehead atoms. The number of ether oxygens (including phenoxy) is 6. The maximum absolute atomic E-state index is 13.3. The lowest BCUT2D eigenvalue weighted by Crippen LogP contribution is -2.67. The van der Waals surface area contributed by atoms with Gasteiger partial charge in [0.2, 0.25) is 5.79 Å². The van der Waals surface area contributed by atoms with Crippen molar-refractivity contribution in [3.63, 3.8) is 0 Å². The topological polar surface area (TPSA) is 72.5 Å². The van der Waals surface area contributed by atoms with Gasteiger partial charge in [-0.3, -0.25) is 4.79 Å². The highest BCUT2D eigenvalue weighted by atomic mass is 16.8. The van der Waals surface area contributed by atoms with Crippen LogP contribution in [0.15, 0.2) is 133 Å². The molecule has 2 aliphatic rings. The Morgan fingerprint density at radius 1 is 0.686 bits per heavy atom. The number of benzene rings is 5. The molecule has 7 nitrogen and oxygen atoms in total. The van der Waals surface area contributed by atoms with Gasteiger partial charge in [-0.1, -0.05) is 115 Å². The van der Waals surface area contributed by atoms with Crippen molar-refractivity contribution in [1.82, 2.24) is 0 Å². The summed E-state index contributed by atoms with van der Waals surface area (Å²) >= 11 is 0. The fourth-order valence-electron chi connectivity index (χ4n) is 7.00. The molecule has 5 aromatic rings. The van der Waals surface area contributed by atoms with Crippen LogP contribution in [-0.4, -0.2) is 43.4 Å². The van der Waals surface area contributed by atoms with E-state index in [0.29, 0.717) is 13.0 Å². The molecule has 0 spiro atoms. The normalized spacial score (nSPS) is 23.9. The predicted molar refractivity (Wildman–Crippen MR) is 194 cm³/mol. The number of aryl methyl sites for hydroxylation is 1. The van der Waals surface area contributed by atoms with Crippen LogP contribution in [0.2, 0.25) is 0 Å². The Labute approximate surface area is 300 Å². The van der Waals surface area contributed by atoms with E-state index in [4.69, 9.17) is 28.4 Å². The lowest BCUT2D eigenvalue weighted by Gasteiger charge is -2.49. The van der Waals surface area contributed by atoms with Crippen LogP contribution in [0.25, 0.3) is 0 Å². The average Bonchev–Trinajstić information content (AvgIpc) is 3.54. The molecule has 2 fully saturated rings. The fourth-order valence-corrected chi connectivity index (χ4v) is 7.00. The van der Waals surface area contributed by atoms with Gasteiger partial charge in [0, 0.05) is 5.56 Å². The zero-order valence-corrected chi connectivity index (χ0v) is 29.1. The van der Waals surface area contributed by atoms with Crippen LogP contribution >= 0.6 is 0 Å². The van der Waals surface area contributed by atoms with Gasteiger partial charge < -0.3 is 28.4 Å². The van der Waals surface area contributed by atoms with E-state index in [-0.39, 0.29) is 26.4 Å². The first kappa shape index (κ1) is 34.8. The van der Waals surface area contributed by atoms with E-state index >= 15 is 0 Å². The maximum atomic E-state index is 13.3. The highest BCUT2D eigenvalue weighted by Crippen LogP contribution is 2.52. The largest absolute Gasteiger partial charge is 0.494 e. The van der Waals surface area contributed by atoms with Crippen LogP contribution < -0.4 is 4.74 Å². The Morgan fingerprint density at radius 3 is 1.82 bits per heavy atom. The van der Waals surface area contributed by atoms with Crippen molar-refractivity contribution < 1.29 is 33.2 Å². The van der Waals surface area contributed by atoms with E-state index in [9.17, 15) is 4.79 Å². The summed E-state index contributed by atoms with van der Waals surface area (Å²) in [4.78, 5) is 13.3. The highest BCUT2D eigenvalue weighted by Gasteiger charge is 2.69. The lowest BCUT2D eigenvalue weighted by atomic mass is 9.82. The van der Waals surface area contributed by atoms with Crippen LogP contribution in [0.4, 0.5) is 0 Å². The summed E-state index contributed by atoms with van der Waals surface area (Å²) in [5, 5.41) is 0. The van der Waals surface area contributed by atoms with E-state index in [2.05, 4.69) is 31.2 Å². The molecule has 0 radical (unpaired) electrons. The zero-order chi connectivity index (χ0) is 35.1. The molecule has 262 valence electrons. The molecule has 5 unspecified atom stereocenters. The third-order valence-electron chi connectivity index (χ3n) is 9.72. The summed E-state index contributed by atoms with van der Waals surface area (Å²) < 4.78 is 39.7. The first-order chi connectivity index (χ1) is 25.0. The SMILES string of the molecule is CCOc1ccc(Cc2cc(C34OCC(C=O)(O3)C(OCc3ccccc3)C(OCc3ccccc3)C4OCc3ccccc3)ccc2C)cc1. The summed E-state index contributed by atoms with van der Waals surface area (Å²) in [5.41, 5.74) is 5.63. The second-order valence-electron chi connectivity index (χ2n) is 13.2. The third-order valence-corrected chi connectivity index (χ3v) is 9.72. The van der Waals surface area contributed by atoms with Crippen LogP contribution in [0, 0.1) is 6.92 Å². The summed E-state index contributed by atoms with van der Waals surface area (Å²) in [7, 11) is 0. The standard InChI is InChI=1S/C44H44O7/c1-3-46-39-23-20-33(21-24-39)25-37-26-38(22-19-32(37)2)44-42(49-29-36-17-11-6-12-18-36)40(47-27-34-13-7-4-8-14-34)41(43(30-45,51-44)31-50-44)48-28-35-15-9-5-10-16-35/h4-24,26,30,40-42H,3,25,27-29,31H2,1-2H3. The van der Waals surface area contributed by atoms with Gasteiger partial charge in [0.1, 0.15) is 24.1 Å². The van der Waals surface area contributed by atoms with Crippen LogP contribution in [-0.2, 0) is 60.5 Å². The quantitative estimate of drug-likeness (QED) is 0.104. The number of aldehydes is 1. The molecular weight excluding hydrogens is 640 g/mol. The third kappa shape index (κ3) is 7.54. The van der Waals surface area contributed by atoms with Crippen molar-refractivity contribution in [2.75, 3.05) is 13.2 Å². The van der Waals surface area contributed by atoms with Gasteiger partial charge in [-0.2, -0.15) is 0 Å². The van der Waals surface area contributed by atoms with Gasteiger partial charge in [0.15, 0.2) is 11.9 Å². The van der Waals surface area contributed by atoms with Crippen molar-refractivity contribution in [2.45, 2.75) is 69.8 Å². The minimum absolute atomic E-state index is 0.0194. The van der Waals surface area contributed by atoms with Gasteiger partial charge in [-0.05, 0) is 71.8 Å². The monoisotopic (exact) mass is 684 g/mol. The van der Waals surface area contributed by atoms with E-state index in [1.807, 2.05) is 116 Å². The maximum Gasteiger partial charge on any atom is 0.226 e. The number of carbonyl (C=O) groups excluding carboxylic acids is 1. The van der Waals surface area contributed by atoms with Gasteiger partial charge in [-0.25, -0.2) is 0 Å². The van der Waals surface area contributed by atoms with E-state index in [1.165, 1.54) is 0 Å². The predicted octanol–water partition coefficient (Wildman–Crippen LogP) is 7.89. The van der Waals surface area contributed by atoms with E-state index < -0.39 is 29.7 Å². The Bertz CT molecular complexity index is 1870. The molecule has 7 heteroatoms. The number of carbonyl (C=O) groups is 1. The van der Waals surface area contributed by atoms with Crippen molar-refractivity contribution in [3.8, 4) is 5.75 Å². The van der Waals surface area contributed by atoms with Gasteiger partial charge in [0.05, 0.1) is 33.0 Å². The van der Waals surface area contributed by atoms with E-state index in [0.717, 1.165) is 51.0 Å². The van der Waals surface area contributed by atoms with Crippen LogP contribution in [0.1, 0.15) is 45.9 Å². The van der Waals surface area contributed by atoms with Gasteiger partial charge in [-0.15, -0.1) is 0 Å². The Kier molecular flexibility index (Phi) is 10.7. The van der Waals surface area contributed by atoms with Crippen LogP contribution in [0.5, 0.6) is 5.75 Å². The lowest BCUT2D eigenvalue weighted by molar-refractivity contribution is -0.341. The highest BCUT2D eigenvalue weighted by molar-refractivity contribution is 5.66. The number of fused-ring (bicyclic) bond motifs is 2. The molecule has 0 aromatic heterocycles. The van der Waals surface area contributed by atoms with Crippen LogP contribution in [0.3, 0.4) is 0 Å². The molecule has 51 heavy (non-hydrogen) atoms. The summed E-state index contributed by atoms with van der Waals surface area (Å²) in [6.45, 7) is 5.48. The second-order valence-corrected chi connectivity index (χ2v) is 13.2. The number of hydrogen-bond acceptors (Lipinski definition) is 7. The smallest absolute Gasteiger partial charge is 0.226 e. The average molecular weight is 685 g/mol. The minimum atomic E-state index is -1.45. The van der Waals surface area contributed by atoms with E-state index in [1.54, 1.807) is 0 Å². The molecule has 2 heterocycles. The Hall–Kier alpha value is -4.63. The van der Waals surface area contributed by atoms with Gasteiger partial charge >= 0.3 is 0 Å². The summed E-state index contributed by atoms with van der Waals surface area (Å²) in [6.07, 6.45) is -0.864. The molecule has 0 saturated carbocycles. The van der Waals surface area contributed by atoms with Crippen molar-refractivity contribution in [3.05, 3.63) is 172 Å². The van der Waals surface area contributed by atoms with Gasteiger partial charge in [0.25, 0.3) is 0 Å². The van der Waals surface area contributed by atoms with Crippen molar-refractivity contribution in [2.24, 2.45) is 0 Å². The molecule has 2 saturated heterocycles. The molecule has 5 aromatic carbocycles. The molecule has 2 aliphatic heterocycles.